The number of hydrogen-bond acceptors (Lipinski definition) is 14. The lowest BCUT2D eigenvalue weighted by molar-refractivity contribution is -0.140. The summed E-state index contributed by atoms with van der Waals surface area (Å²) < 4.78 is 47.1. The second-order valence-electron chi connectivity index (χ2n) is 13.5. The Morgan fingerprint density at radius 2 is 1.56 bits per heavy atom. The summed E-state index contributed by atoms with van der Waals surface area (Å²) in [6, 6.07) is 7.34. The number of methoxy groups -OCH3 is 1. The third-order valence-corrected chi connectivity index (χ3v) is 9.48. The lowest BCUT2D eigenvalue weighted by Crippen LogP contribution is -2.49. The van der Waals surface area contributed by atoms with Gasteiger partial charge in [-0.25, -0.2) is 19.6 Å². The van der Waals surface area contributed by atoms with Gasteiger partial charge in [-0.05, 0) is 78.1 Å². The first-order chi connectivity index (χ1) is 22.1. The summed E-state index contributed by atoms with van der Waals surface area (Å²) in [6.45, 7) is 9.40. The molecule has 2 aromatic heterocycles. The number of carbonyl (C=O) groups excluding carboxylic acids is 2. The van der Waals surface area contributed by atoms with Gasteiger partial charge in [0.15, 0.2) is 5.65 Å². The molecule has 264 valence electrons. The number of ether oxygens (including phenoxy) is 6. The van der Waals surface area contributed by atoms with Gasteiger partial charge in [0.25, 0.3) is 0 Å². The summed E-state index contributed by atoms with van der Waals surface area (Å²) >= 11 is 1.32. The summed E-state index contributed by atoms with van der Waals surface area (Å²) in [5.41, 5.74) is 3.73. The van der Waals surface area contributed by atoms with Crippen LogP contribution in [0.5, 0.6) is 5.75 Å². The maximum absolute atomic E-state index is 13.2. The molecule has 16 nitrogen and oxygen atoms in total. The Morgan fingerprint density at radius 3 is 2.02 bits per heavy atom. The number of rotatable bonds is 12. The lowest BCUT2D eigenvalue weighted by Gasteiger charge is -2.37. The molecule has 3 aromatic rings. The number of imidazole rings is 1. The van der Waals surface area contributed by atoms with Gasteiger partial charge < -0.3 is 48.5 Å². The maximum atomic E-state index is 13.2. The van der Waals surface area contributed by atoms with Crippen LogP contribution in [0.4, 0.5) is 15.5 Å². The van der Waals surface area contributed by atoms with Gasteiger partial charge in [0.1, 0.15) is 40.7 Å². The van der Waals surface area contributed by atoms with Gasteiger partial charge in [-0.1, -0.05) is 18.7 Å². The third-order valence-electron chi connectivity index (χ3n) is 7.09. The first-order valence-corrected chi connectivity index (χ1v) is 17.3. The molecule has 2 heterocycles. The van der Waals surface area contributed by atoms with E-state index in [-0.39, 0.29) is 18.4 Å². The topological polar surface area (TPSA) is 217 Å². The number of anilines is 1. The van der Waals surface area contributed by atoms with E-state index in [9.17, 15) is 23.9 Å². The van der Waals surface area contributed by atoms with Crippen LogP contribution in [0.15, 0.2) is 40.5 Å². The Hall–Kier alpha value is -3.63. The molecule has 1 aliphatic carbocycles. The second-order valence-corrected chi connectivity index (χ2v) is 16.4. The molecule has 0 saturated heterocycles. The number of carbonyl (C=O) groups is 2. The van der Waals surface area contributed by atoms with Crippen molar-refractivity contribution < 1.29 is 52.4 Å². The zero-order valence-electron chi connectivity index (χ0n) is 28.1. The highest BCUT2D eigenvalue weighted by molar-refractivity contribution is 7.99. The van der Waals surface area contributed by atoms with E-state index in [1.165, 1.54) is 18.1 Å². The normalized spacial score (nSPS) is 18.3. The minimum absolute atomic E-state index is 0.00832. The molecule has 0 bridgehead atoms. The maximum Gasteiger partial charge on any atom is 0.508 e. The fourth-order valence-corrected chi connectivity index (χ4v) is 6.27. The molecule has 2 atom stereocenters. The third kappa shape index (κ3) is 9.29. The van der Waals surface area contributed by atoms with Crippen LogP contribution in [0.25, 0.3) is 11.2 Å². The van der Waals surface area contributed by atoms with Crippen LogP contribution < -0.4 is 10.5 Å². The molecule has 0 spiro atoms. The van der Waals surface area contributed by atoms with Crippen LogP contribution in [-0.4, -0.2) is 84.1 Å². The van der Waals surface area contributed by atoms with Crippen molar-refractivity contribution in [1.29, 1.82) is 0 Å². The van der Waals surface area contributed by atoms with E-state index in [1.54, 1.807) is 53.2 Å². The van der Waals surface area contributed by atoms with E-state index in [4.69, 9.17) is 34.2 Å². The zero-order chi connectivity index (χ0) is 35.7. The van der Waals surface area contributed by atoms with E-state index < -0.39 is 55.3 Å². The molecule has 4 N–H and O–H groups in total. The average Bonchev–Trinajstić information content (AvgIpc) is 3.38. The van der Waals surface area contributed by atoms with Crippen LogP contribution in [0.2, 0.25) is 0 Å². The van der Waals surface area contributed by atoms with Crippen molar-refractivity contribution in [2.45, 2.75) is 93.5 Å². The molecular formula is C30H42N5O11PS. The standard InChI is InChI=1S/C30H42N5O11PS/c1-18-13-29(18,14-35-17-32-21-22(35)33-24(31)34-23(21)48-20-11-9-19(41-8)10-12-20)46-30(47(38,39)40,15-42-25(36)44-27(2,3)4)16-43-26(37)45-28(5,6)7/h9-12,17-18H,13-16H2,1-8H3,(H2,31,33,34)(H2,38,39,40). The van der Waals surface area contributed by atoms with E-state index in [0.29, 0.717) is 28.4 Å². The van der Waals surface area contributed by atoms with Crippen molar-refractivity contribution in [3.8, 4) is 5.75 Å². The number of benzene rings is 1. The van der Waals surface area contributed by atoms with Gasteiger partial charge in [-0.3, -0.25) is 4.57 Å². The predicted molar refractivity (Wildman–Crippen MR) is 174 cm³/mol. The van der Waals surface area contributed by atoms with Crippen molar-refractivity contribution >= 4 is 48.8 Å². The Morgan fingerprint density at radius 1 is 1.02 bits per heavy atom. The van der Waals surface area contributed by atoms with Crippen molar-refractivity contribution in [1.82, 2.24) is 19.5 Å². The van der Waals surface area contributed by atoms with Gasteiger partial charge in [0.2, 0.25) is 11.3 Å². The first-order valence-electron chi connectivity index (χ1n) is 14.9. The van der Waals surface area contributed by atoms with Crippen LogP contribution in [0.1, 0.15) is 54.9 Å². The summed E-state index contributed by atoms with van der Waals surface area (Å²) in [6.07, 6.45) is -0.565. The molecule has 1 aliphatic rings. The molecule has 1 fully saturated rings. The number of nitrogen functional groups attached to an aromatic ring is 1. The van der Waals surface area contributed by atoms with Crippen molar-refractivity contribution in [3.05, 3.63) is 30.6 Å². The Labute approximate surface area is 282 Å². The molecule has 0 radical (unpaired) electrons. The number of aromatic nitrogens is 4. The lowest BCUT2D eigenvalue weighted by atomic mass is 10.2. The average molecular weight is 712 g/mol. The van der Waals surface area contributed by atoms with Gasteiger partial charge in [-0.2, -0.15) is 4.98 Å². The monoisotopic (exact) mass is 711 g/mol. The number of hydrogen-bond donors (Lipinski definition) is 3. The molecule has 2 unspecified atom stereocenters. The highest BCUT2D eigenvalue weighted by atomic mass is 32.2. The van der Waals surface area contributed by atoms with Crippen LogP contribution in [0, 0.1) is 5.92 Å². The summed E-state index contributed by atoms with van der Waals surface area (Å²) in [5, 5.41) is -2.15. The Kier molecular flexibility index (Phi) is 10.6. The molecular weight excluding hydrogens is 669 g/mol. The van der Waals surface area contributed by atoms with E-state index in [1.807, 2.05) is 31.2 Å². The molecule has 0 aliphatic heterocycles. The van der Waals surface area contributed by atoms with Crippen molar-refractivity contribution in [3.63, 3.8) is 0 Å². The van der Waals surface area contributed by atoms with Gasteiger partial charge in [0, 0.05) is 4.90 Å². The summed E-state index contributed by atoms with van der Waals surface area (Å²) in [4.78, 5) is 60.5. The molecule has 18 heteroatoms. The minimum atomic E-state index is -5.37. The van der Waals surface area contributed by atoms with Gasteiger partial charge in [0.05, 0.1) is 25.6 Å². The van der Waals surface area contributed by atoms with E-state index >= 15 is 0 Å². The number of nitrogens with two attached hydrogens (primary N) is 1. The molecule has 1 saturated carbocycles. The van der Waals surface area contributed by atoms with E-state index in [2.05, 4.69) is 15.0 Å². The quantitative estimate of drug-likeness (QED) is 0.126. The smallest absolute Gasteiger partial charge is 0.497 e. The largest absolute Gasteiger partial charge is 0.508 e. The Bertz CT molecular complexity index is 1650. The molecule has 48 heavy (non-hydrogen) atoms. The SMILES string of the molecule is COc1ccc(Sc2nc(N)nc3c2ncn3CC2(OC(COC(=O)OC(C)(C)C)(COC(=O)OC(C)(C)C)P(=O)(O)O)CC2C)cc1. The number of nitrogens with zero attached hydrogens (tertiary/aromatic N) is 4. The molecule has 1 aromatic carbocycles. The molecule has 4 rings (SSSR count). The van der Waals surface area contributed by atoms with Gasteiger partial charge >= 0.3 is 19.9 Å². The zero-order valence-corrected chi connectivity index (χ0v) is 29.8. The fourth-order valence-electron chi connectivity index (χ4n) is 4.63. The summed E-state index contributed by atoms with van der Waals surface area (Å²) in [5.74, 6) is 0.426. The highest BCUT2D eigenvalue weighted by Crippen LogP contribution is 2.59. The van der Waals surface area contributed by atoms with Crippen LogP contribution in [0.3, 0.4) is 0 Å². The fraction of sp³-hybridized carbons (Fsp3) is 0.567. The Balaban J connectivity index is 1.66. The molecule has 0 amide bonds. The van der Waals surface area contributed by atoms with Crippen LogP contribution >= 0.6 is 19.4 Å². The first kappa shape index (κ1) is 37.2. The van der Waals surface area contributed by atoms with Gasteiger partial charge in [-0.15, -0.1) is 0 Å². The van der Waals surface area contributed by atoms with Crippen molar-refractivity contribution in [2.75, 3.05) is 26.1 Å². The number of fused-ring (bicyclic) bond motifs is 1. The highest BCUT2D eigenvalue weighted by Gasteiger charge is 2.63. The second kappa shape index (κ2) is 13.7. The minimum Gasteiger partial charge on any atom is -0.497 e. The summed E-state index contributed by atoms with van der Waals surface area (Å²) in [7, 11) is -3.80. The van der Waals surface area contributed by atoms with Crippen molar-refractivity contribution in [2.24, 2.45) is 5.92 Å². The van der Waals surface area contributed by atoms with E-state index in [0.717, 1.165) is 4.90 Å². The predicted octanol–water partition coefficient (Wildman–Crippen LogP) is 5.14. The van der Waals surface area contributed by atoms with Crippen LogP contribution in [-0.2, 0) is 34.8 Å².